The van der Waals surface area contributed by atoms with Crippen molar-refractivity contribution >= 4 is 108 Å². The zero-order valence-corrected chi connectivity index (χ0v) is 40.0. The maximum absolute atomic E-state index is 2.62. The molecule has 1 aliphatic rings. The fourth-order valence-electron chi connectivity index (χ4n) is 14.4. The first-order chi connectivity index (χ1) is 33.1. The standard InChI is InChI=1S/C68H50/c1-33(2)54-41-17-12-13-18-42(41)55(34(3)4)65-49-28-27-47-58-44(23-25-48(60(49)58)64(54)65)45-24-26-50-62-53(32-51(61(47)63(45)62)39-15-10-9-11-16-39)67-66(50)57(40-22-21-35(5)29-37(40)7)46-20-14-19-43-52-31-36(6)30-38(8)56(52)68(67)59(43)46/h9-34H,1-8H3. The van der Waals surface area contributed by atoms with Gasteiger partial charge in [0.1, 0.15) is 0 Å². The van der Waals surface area contributed by atoms with E-state index in [0.29, 0.717) is 11.8 Å². The molecule has 322 valence electrons. The molecule has 0 bridgehead atoms. The van der Waals surface area contributed by atoms with Crippen molar-refractivity contribution in [3.05, 3.63) is 200 Å². The quantitative estimate of drug-likeness (QED) is 0.122. The number of hydrogen-bond donors (Lipinski definition) is 0. The van der Waals surface area contributed by atoms with Gasteiger partial charge in [-0.25, -0.2) is 0 Å². The first kappa shape index (κ1) is 38.6. The van der Waals surface area contributed by atoms with Crippen LogP contribution in [-0.2, 0) is 0 Å². The third-order valence-corrected chi connectivity index (χ3v) is 16.6. The Balaban J connectivity index is 1.24. The summed E-state index contributed by atoms with van der Waals surface area (Å²) in [5.74, 6) is 0.736. The summed E-state index contributed by atoms with van der Waals surface area (Å²) in [6.45, 7) is 18.7. The average molecular weight is 867 g/mol. The van der Waals surface area contributed by atoms with Crippen molar-refractivity contribution < 1.29 is 0 Å². The predicted octanol–water partition coefficient (Wildman–Crippen LogP) is 19.2. The molecule has 0 heteroatoms. The summed E-state index contributed by atoms with van der Waals surface area (Å²) in [5.41, 5.74) is 13.5. The molecule has 0 saturated heterocycles. The Hall–Kier alpha value is -7.54. The van der Waals surface area contributed by atoms with Gasteiger partial charge in [0.05, 0.1) is 0 Å². The molecular weight excluding hydrogens is 817 g/mol. The van der Waals surface area contributed by atoms with E-state index in [2.05, 4.69) is 201 Å². The molecule has 1 aliphatic carbocycles. The van der Waals surface area contributed by atoms with E-state index in [0.717, 1.165) is 0 Å². The molecule has 14 aromatic carbocycles. The van der Waals surface area contributed by atoms with Gasteiger partial charge in [-0.2, -0.15) is 0 Å². The van der Waals surface area contributed by atoms with Gasteiger partial charge in [0, 0.05) is 0 Å². The highest BCUT2D eigenvalue weighted by Crippen LogP contribution is 2.57. The van der Waals surface area contributed by atoms with Crippen molar-refractivity contribution in [3.63, 3.8) is 0 Å². The molecule has 0 saturated carbocycles. The molecule has 0 fully saturated rings. The minimum absolute atomic E-state index is 0.368. The molecule has 14 aromatic rings. The second kappa shape index (κ2) is 13.1. The normalized spacial score (nSPS) is 13.0. The van der Waals surface area contributed by atoms with E-state index in [4.69, 9.17) is 0 Å². The van der Waals surface area contributed by atoms with Gasteiger partial charge in [0.15, 0.2) is 0 Å². The van der Waals surface area contributed by atoms with Crippen molar-refractivity contribution in [3.8, 4) is 22.3 Å². The van der Waals surface area contributed by atoms with Gasteiger partial charge in [0.2, 0.25) is 0 Å². The predicted molar refractivity (Wildman–Crippen MR) is 295 cm³/mol. The molecule has 0 atom stereocenters. The lowest BCUT2D eigenvalue weighted by atomic mass is 9.84. The van der Waals surface area contributed by atoms with E-state index in [-0.39, 0.29) is 0 Å². The summed E-state index contributed by atoms with van der Waals surface area (Å²) in [4.78, 5) is 0. The lowest BCUT2D eigenvalue weighted by Gasteiger charge is -2.18. The van der Waals surface area contributed by atoms with Gasteiger partial charge in [-0.05, 0) is 219 Å². The molecule has 0 radical (unpaired) electrons. The molecular formula is C68H50. The lowest BCUT2D eigenvalue weighted by molar-refractivity contribution is 0.846. The van der Waals surface area contributed by atoms with Gasteiger partial charge in [-0.3, -0.25) is 0 Å². The summed E-state index contributed by atoms with van der Waals surface area (Å²) in [5, 5.41) is 33.3. The summed E-state index contributed by atoms with van der Waals surface area (Å²) in [7, 11) is 0. The van der Waals surface area contributed by atoms with Crippen molar-refractivity contribution in [2.75, 3.05) is 0 Å². The summed E-state index contributed by atoms with van der Waals surface area (Å²) in [6, 6.07) is 57.2. The second-order valence-corrected chi connectivity index (χ2v) is 21.2. The molecule has 0 unspecified atom stereocenters. The van der Waals surface area contributed by atoms with E-state index < -0.39 is 0 Å². The maximum atomic E-state index is 2.62. The molecule has 0 aliphatic heterocycles. The SMILES string of the molecule is Cc1ccc(-c2c3cccc4c5cc(C)cc(C)c5c(c34)c3c4cc(-c5ccccc5)c5c6ccc7c8c(ccc(c9ccc(c23)c4c95)c86)=c2c(C(C)C)c3ccccc3c(C(C)C)c2=7)c(C)c1. The highest BCUT2D eigenvalue weighted by atomic mass is 14.3. The maximum Gasteiger partial charge on any atom is -0.000473 e. The van der Waals surface area contributed by atoms with Crippen LogP contribution in [0, 0.1) is 48.6 Å². The van der Waals surface area contributed by atoms with Crippen molar-refractivity contribution in [1.29, 1.82) is 0 Å². The van der Waals surface area contributed by atoms with Crippen LogP contribution in [0.15, 0.2) is 146 Å². The van der Waals surface area contributed by atoms with E-state index in [1.165, 1.54) is 184 Å². The molecule has 0 spiro atoms. The van der Waals surface area contributed by atoms with Crippen molar-refractivity contribution in [1.82, 2.24) is 0 Å². The third-order valence-electron chi connectivity index (χ3n) is 16.6. The van der Waals surface area contributed by atoms with Crippen LogP contribution in [0.2, 0.25) is 0 Å². The Morgan fingerprint density at radius 3 is 1.54 bits per heavy atom. The van der Waals surface area contributed by atoms with Crippen molar-refractivity contribution in [2.24, 2.45) is 0 Å². The zero-order valence-electron chi connectivity index (χ0n) is 40.0. The summed E-state index contributed by atoms with van der Waals surface area (Å²) in [6.07, 6.45) is 0. The van der Waals surface area contributed by atoms with Crippen LogP contribution in [0.25, 0.3) is 130 Å². The molecule has 68 heavy (non-hydrogen) atoms. The van der Waals surface area contributed by atoms with Crippen LogP contribution in [-0.4, -0.2) is 0 Å². The van der Waals surface area contributed by atoms with Gasteiger partial charge in [0.25, 0.3) is 0 Å². The average Bonchev–Trinajstić information content (AvgIpc) is 3.97. The Kier molecular flexibility index (Phi) is 7.44. The Morgan fingerprint density at radius 2 is 0.838 bits per heavy atom. The van der Waals surface area contributed by atoms with Gasteiger partial charge < -0.3 is 0 Å². The molecule has 0 amide bonds. The second-order valence-electron chi connectivity index (χ2n) is 21.2. The van der Waals surface area contributed by atoms with Crippen LogP contribution in [0.3, 0.4) is 0 Å². The van der Waals surface area contributed by atoms with E-state index in [1.807, 2.05) is 0 Å². The van der Waals surface area contributed by atoms with Crippen LogP contribution in [0.4, 0.5) is 0 Å². The molecule has 0 nitrogen and oxygen atoms in total. The highest BCUT2D eigenvalue weighted by molar-refractivity contribution is 6.52. The van der Waals surface area contributed by atoms with Crippen LogP contribution in [0.5, 0.6) is 0 Å². The number of hydrogen-bond acceptors (Lipinski definition) is 0. The van der Waals surface area contributed by atoms with Crippen LogP contribution < -0.4 is 0 Å². The Labute approximate surface area is 395 Å². The summed E-state index contributed by atoms with van der Waals surface area (Å²) < 4.78 is 0. The number of benzene rings is 12. The first-order valence-electron chi connectivity index (χ1n) is 24.8. The van der Waals surface area contributed by atoms with E-state index in [1.54, 1.807) is 0 Å². The fourth-order valence-corrected chi connectivity index (χ4v) is 14.4. The third kappa shape index (κ3) is 4.57. The largest absolute Gasteiger partial charge is 0.0622 e. The van der Waals surface area contributed by atoms with Gasteiger partial charge in [-0.1, -0.05) is 178 Å². The topological polar surface area (TPSA) is 0 Å². The molecule has 0 heterocycles. The molecule has 15 rings (SSSR count). The molecule has 0 aromatic heterocycles. The molecule has 0 N–H and O–H groups in total. The van der Waals surface area contributed by atoms with Gasteiger partial charge in [-0.15, -0.1) is 0 Å². The smallest absolute Gasteiger partial charge is 0.000473 e. The highest BCUT2D eigenvalue weighted by Gasteiger charge is 2.30. The van der Waals surface area contributed by atoms with Crippen molar-refractivity contribution in [2.45, 2.75) is 67.2 Å². The minimum Gasteiger partial charge on any atom is -0.0622 e. The lowest BCUT2D eigenvalue weighted by Crippen LogP contribution is -2.00. The Morgan fingerprint density at radius 1 is 0.294 bits per heavy atom. The number of fused-ring (bicyclic) bond motifs is 11. The van der Waals surface area contributed by atoms with Crippen LogP contribution in [0.1, 0.15) is 72.9 Å². The van der Waals surface area contributed by atoms with E-state index >= 15 is 0 Å². The zero-order chi connectivity index (χ0) is 45.8. The summed E-state index contributed by atoms with van der Waals surface area (Å²) >= 11 is 0. The monoisotopic (exact) mass is 866 g/mol. The fraction of sp³-hybridized carbons (Fsp3) is 0.147. The van der Waals surface area contributed by atoms with Crippen LogP contribution >= 0.6 is 0 Å². The minimum atomic E-state index is 0.368. The van der Waals surface area contributed by atoms with Gasteiger partial charge >= 0.3 is 0 Å². The van der Waals surface area contributed by atoms with E-state index in [9.17, 15) is 0 Å². The first-order valence-corrected chi connectivity index (χ1v) is 24.8. The number of rotatable bonds is 4. The Bertz CT molecular complexity index is 4720. The number of aryl methyl sites for hydroxylation is 4.